The molecular formula is C17H28BrN3OSi. The highest BCUT2D eigenvalue weighted by Gasteiger charge is 2.15. The van der Waals surface area contributed by atoms with Crippen LogP contribution in [-0.2, 0) is 17.9 Å². The van der Waals surface area contributed by atoms with Gasteiger partial charge < -0.3 is 10.1 Å². The number of rotatable bonds is 9. The maximum absolute atomic E-state index is 5.92. The Morgan fingerprint density at radius 1 is 1.30 bits per heavy atom. The minimum Gasteiger partial charge on any atom is -0.360 e. The highest BCUT2D eigenvalue weighted by molar-refractivity contribution is 9.10. The molecule has 0 aliphatic heterocycles. The molecule has 23 heavy (non-hydrogen) atoms. The highest BCUT2D eigenvalue weighted by Crippen LogP contribution is 2.28. The molecule has 0 amide bonds. The zero-order chi connectivity index (χ0) is 16.9. The zero-order valence-electron chi connectivity index (χ0n) is 14.7. The zero-order valence-corrected chi connectivity index (χ0v) is 17.2. The van der Waals surface area contributed by atoms with E-state index in [1.54, 1.807) is 0 Å². The molecule has 0 atom stereocenters. The van der Waals surface area contributed by atoms with Gasteiger partial charge in [0, 0.05) is 24.5 Å². The number of aromatic nitrogens is 2. The predicted molar refractivity (Wildman–Crippen MR) is 104 cm³/mol. The monoisotopic (exact) mass is 397 g/mol. The van der Waals surface area contributed by atoms with Gasteiger partial charge in [0.2, 0.25) is 0 Å². The summed E-state index contributed by atoms with van der Waals surface area (Å²) in [6, 6.07) is 7.38. The molecule has 4 nitrogen and oxygen atoms in total. The van der Waals surface area contributed by atoms with Gasteiger partial charge in [-0.25, -0.2) is 4.68 Å². The molecule has 0 fully saturated rings. The van der Waals surface area contributed by atoms with Crippen molar-refractivity contribution in [3.8, 4) is 0 Å². The summed E-state index contributed by atoms with van der Waals surface area (Å²) in [6.07, 6.45) is 2.09. The van der Waals surface area contributed by atoms with Crippen molar-refractivity contribution in [3.05, 3.63) is 28.4 Å². The van der Waals surface area contributed by atoms with Gasteiger partial charge in [0.05, 0.1) is 11.2 Å². The van der Waals surface area contributed by atoms with E-state index >= 15 is 0 Å². The number of nitrogens with zero attached hydrogens (tertiary/aromatic N) is 2. The molecule has 1 aromatic carbocycles. The van der Waals surface area contributed by atoms with Crippen molar-refractivity contribution in [3.63, 3.8) is 0 Å². The van der Waals surface area contributed by atoms with Crippen LogP contribution in [0.25, 0.3) is 10.9 Å². The molecule has 0 aliphatic rings. The summed E-state index contributed by atoms with van der Waals surface area (Å²) in [5.74, 6) is 0. The van der Waals surface area contributed by atoms with Gasteiger partial charge in [0.15, 0.2) is 0 Å². The van der Waals surface area contributed by atoms with Gasteiger partial charge in [-0.2, -0.15) is 5.10 Å². The number of ether oxygens (including phenoxy) is 1. The van der Waals surface area contributed by atoms with E-state index in [2.05, 4.69) is 53.0 Å². The average Bonchev–Trinajstić information content (AvgIpc) is 2.82. The number of nitrogens with one attached hydrogen (secondary N) is 1. The minimum atomic E-state index is -1.05. The van der Waals surface area contributed by atoms with Gasteiger partial charge in [-0.05, 0) is 44.6 Å². The van der Waals surface area contributed by atoms with Crippen LogP contribution >= 0.6 is 15.9 Å². The van der Waals surface area contributed by atoms with Crippen LogP contribution in [0.2, 0.25) is 25.7 Å². The van der Waals surface area contributed by atoms with Crippen molar-refractivity contribution in [1.82, 2.24) is 15.1 Å². The van der Waals surface area contributed by atoms with Crippen LogP contribution in [0.15, 0.2) is 22.7 Å². The van der Waals surface area contributed by atoms with Crippen LogP contribution in [0.5, 0.6) is 0 Å². The van der Waals surface area contributed by atoms with Gasteiger partial charge in [0.25, 0.3) is 0 Å². The minimum absolute atomic E-state index is 0.542. The lowest BCUT2D eigenvalue weighted by molar-refractivity contribution is 0.0770. The molecule has 6 heteroatoms. The third-order valence-electron chi connectivity index (χ3n) is 3.87. The van der Waals surface area contributed by atoms with E-state index in [0.717, 1.165) is 36.0 Å². The van der Waals surface area contributed by atoms with Crippen molar-refractivity contribution >= 4 is 34.9 Å². The fraction of sp³-hybridized carbons (Fsp3) is 0.588. The van der Waals surface area contributed by atoms with E-state index in [9.17, 15) is 0 Å². The van der Waals surface area contributed by atoms with E-state index in [-0.39, 0.29) is 0 Å². The van der Waals surface area contributed by atoms with E-state index in [4.69, 9.17) is 9.84 Å². The smallest absolute Gasteiger partial charge is 0.139 e. The van der Waals surface area contributed by atoms with Gasteiger partial charge in [-0.3, -0.25) is 0 Å². The third kappa shape index (κ3) is 5.41. The summed E-state index contributed by atoms with van der Waals surface area (Å²) < 4.78 is 9.07. The van der Waals surface area contributed by atoms with E-state index in [1.807, 2.05) is 17.8 Å². The molecule has 0 spiro atoms. The predicted octanol–water partition coefficient (Wildman–Crippen LogP) is 4.26. The lowest BCUT2D eigenvalue weighted by Gasteiger charge is -2.16. The second-order valence-electron chi connectivity index (χ2n) is 7.14. The first-order chi connectivity index (χ1) is 10.9. The summed E-state index contributed by atoms with van der Waals surface area (Å²) in [7, 11) is 0.945. The van der Waals surface area contributed by atoms with Crippen LogP contribution in [0, 0.1) is 0 Å². The maximum Gasteiger partial charge on any atom is 0.139 e. The Hall–Kier alpha value is -0.693. The largest absolute Gasteiger partial charge is 0.360 e. The molecule has 0 unspecified atom stereocenters. The first kappa shape index (κ1) is 18.6. The van der Waals surface area contributed by atoms with Gasteiger partial charge in [0.1, 0.15) is 6.73 Å². The third-order valence-corrected chi connectivity index (χ3v) is 6.24. The SMILES string of the molecule is CNCCCc1c2c(Br)cccc2nn1COCC[Si](C)(C)C. The van der Waals surface area contributed by atoms with Gasteiger partial charge >= 0.3 is 0 Å². The van der Waals surface area contributed by atoms with Crippen LogP contribution in [0.3, 0.4) is 0 Å². The second kappa shape index (κ2) is 8.42. The van der Waals surface area contributed by atoms with Crippen molar-refractivity contribution < 1.29 is 4.74 Å². The Bertz CT molecular complexity index is 637. The molecule has 1 N–H and O–H groups in total. The normalized spacial score (nSPS) is 12.2. The number of benzene rings is 1. The van der Waals surface area contributed by atoms with Gasteiger partial charge in [-0.1, -0.05) is 41.6 Å². The Labute approximate surface area is 148 Å². The first-order valence-corrected chi connectivity index (χ1v) is 12.8. The first-order valence-electron chi connectivity index (χ1n) is 8.28. The number of hydrogen-bond donors (Lipinski definition) is 1. The number of fused-ring (bicyclic) bond motifs is 1. The molecule has 128 valence electrons. The Morgan fingerprint density at radius 2 is 2.09 bits per heavy atom. The summed E-state index contributed by atoms with van der Waals surface area (Å²) in [4.78, 5) is 0. The molecule has 2 aromatic rings. The Morgan fingerprint density at radius 3 is 2.78 bits per heavy atom. The molecule has 0 saturated heterocycles. The fourth-order valence-corrected chi connectivity index (χ4v) is 3.87. The molecule has 0 aliphatic carbocycles. The van der Waals surface area contributed by atoms with Crippen LogP contribution in [0.1, 0.15) is 12.1 Å². The topological polar surface area (TPSA) is 39.1 Å². The molecule has 1 heterocycles. The lowest BCUT2D eigenvalue weighted by atomic mass is 10.1. The molecule has 1 aromatic heterocycles. The number of aryl methyl sites for hydroxylation is 1. The second-order valence-corrected chi connectivity index (χ2v) is 13.6. The average molecular weight is 398 g/mol. The number of hydrogen-bond acceptors (Lipinski definition) is 3. The summed E-state index contributed by atoms with van der Waals surface area (Å²) in [5.41, 5.74) is 2.29. The van der Waals surface area contributed by atoms with Crippen molar-refractivity contribution in [1.29, 1.82) is 0 Å². The van der Waals surface area contributed by atoms with Crippen LogP contribution in [0.4, 0.5) is 0 Å². The van der Waals surface area contributed by atoms with Gasteiger partial charge in [-0.15, -0.1) is 0 Å². The molecular weight excluding hydrogens is 370 g/mol. The van der Waals surface area contributed by atoms with Crippen molar-refractivity contribution in [2.24, 2.45) is 0 Å². The quantitative estimate of drug-likeness (QED) is 0.507. The van der Waals surface area contributed by atoms with Crippen LogP contribution < -0.4 is 5.32 Å². The number of halogens is 1. The molecule has 0 bridgehead atoms. The van der Waals surface area contributed by atoms with E-state index < -0.39 is 8.07 Å². The van der Waals surface area contributed by atoms with Crippen molar-refractivity contribution in [2.75, 3.05) is 20.2 Å². The highest BCUT2D eigenvalue weighted by atomic mass is 79.9. The fourth-order valence-electron chi connectivity index (χ4n) is 2.52. The molecule has 0 saturated carbocycles. The Balaban J connectivity index is 2.13. The molecule has 2 rings (SSSR count). The van der Waals surface area contributed by atoms with E-state index in [0.29, 0.717) is 6.73 Å². The summed E-state index contributed by atoms with van der Waals surface area (Å²) in [5, 5.41) is 9.17. The van der Waals surface area contributed by atoms with E-state index in [1.165, 1.54) is 17.1 Å². The summed E-state index contributed by atoms with van der Waals surface area (Å²) >= 11 is 3.67. The summed E-state index contributed by atoms with van der Waals surface area (Å²) in [6.45, 7) is 9.49. The maximum atomic E-state index is 5.92. The van der Waals surface area contributed by atoms with Crippen molar-refractivity contribution in [2.45, 2.75) is 45.3 Å². The standard InChI is InChI=1S/C17H28BrN3OSi/c1-19-10-6-9-16-17-14(18)7-5-8-15(17)20-21(16)13-22-11-12-23(2,3)4/h5,7-8,19H,6,9-13H2,1-4H3. The lowest BCUT2D eigenvalue weighted by Crippen LogP contribution is -2.22. The Kier molecular flexibility index (Phi) is 6.82. The molecule has 0 radical (unpaired) electrons. The van der Waals surface area contributed by atoms with Crippen LogP contribution in [-0.4, -0.2) is 38.1 Å².